The van der Waals surface area contributed by atoms with Crippen molar-refractivity contribution in [2.75, 3.05) is 33.2 Å². The molecule has 1 aromatic carbocycles. The lowest BCUT2D eigenvalue weighted by molar-refractivity contribution is -0.137. The van der Waals surface area contributed by atoms with E-state index in [2.05, 4.69) is 4.90 Å². The van der Waals surface area contributed by atoms with Gasteiger partial charge in [-0.15, -0.1) is 0 Å². The van der Waals surface area contributed by atoms with Gasteiger partial charge in [-0.25, -0.2) is 10.0 Å². The second kappa shape index (κ2) is 8.18. The van der Waals surface area contributed by atoms with E-state index in [1.165, 1.54) is 22.8 Å². The molecule has 0 aliphatic carbocycles. The van der Waals surface area contributed by atoms with E-state index < -0.39 is 11.7 Å². The summed E-state index contributed by atoms with van der Waals surface area (Å²) >= 11 is 6.57. The number of thioether (sulfide) groups is 1. The average molecular weight is 454 g/mol. The molecule has 2 saturated heterocycles. The summed E-state index contributed by atoms with van der Waals surface area (Å²) in [5.74, 6) is 0.453. The number of nitrogens with zero attached hydrogens (tertiary/aromatic N) is 3. The normalized spacial score (nSPS) is 20.5. The van der Waals surface area contributed by atoms with Crippen molar-refractivity contribution in [3.8, 4) is 11.3 Å². The molecule has 0 N–H and O–H groups in total. The summed E-state index contributed by atoms with van der Waals surface area (Å²) < 4.78 is 45.0. The summed E-state index contributed by atoms with van der Waals surface area (Å²) in [6, 6.07) is 8.14. The second-order valence-electron chi connectivity index (χ2n) is 7.03. The number of thiocarbonyl (C=S) groups is 1. The first-order valence-electron chi connectivity index (χ1n) is 9.21. The van der Waals surface area contributed by atoms with Crippen LogP contribution in [0.2, 0.25) is 0 Å². The van der Waals surface area contributed by atoms with E-state index in [9.17, 15) is 18.0 Å². The quantitative estimate of drug-likeness (QED) is 0.509. The highest BCUT2D eigenvalue weighted by molar-refractivity contribution is 8.26. The molecule has 0 radical (unpaired) electrons. The monoisotopic (exact) mass is 453 g/mol. The van der Waals surface area contributed by atoms with Crippen LogP contribution in [-0.2, 0) is 11.0 Å². The van der Waals surface area contributed by atoms with Gasteiger partial charge in [0.1, 0.15) is 11.5 Å². The Morgan fingerprint density at radius 3 is 2.57 bits per heavy atom. The minimum atomic E-state index is -4.43. The third-order valence-corrected chi connectivity index (χ3v) is 6.19. The van der Waals surface area contributed by atoms with Crippen LogP contribution in [0.5, 0.6) is 0 Å². The number of carbonyl (C=O) groups excluding carboxylic acids is 1. The number of piperazine rings is 1. The molecular weight excluding hydrogens is 435 g/mol. The Bertz CT molecular complexity index is 1010. The lowest BCUT2D eigenvalue weighted by Crippen LogP contribution is -2.54. The number of hydrogen-bond donors (Lipinski definition) is 0. The van der Waals surface area contributed by atoms with Gasteiger partial charge in [0.05, 0.1) is 10.5 Å². The van der Waals surface area contributed by atoms with Crippen molar-refractivity contribution in [2.24, 2.45) is 0 Å². The van der Waals surface area contributed by atoms with E-state index >= 15 is 0 Å². The van der Waals surface area contributed by atoms with Crippen molar-refractivity contribution in [2.45, 2.75) is 6.18 Å². The highest BCUT2D eigenvalue weighted by atomic mass is 32.2. The fourth-order valence-electron chi connectivity index (χ4n) is 3.26. The van der Waals surface area contributed by atoms with E-state index in [-0.39, 0.29) is 5.91 Å². The van der Waals surface area contributed by atoms with E-state index in [1.54, 1.807) is 24.3 Å². The van der Waals surface area contributed by atoms with Crippen LogP contribution in [0.3, 0.4) is 0 Å². The van der Waals surface area contributed by atoms with Crippen LogP contribution in [0.4, 0.5) is 13.2 Å². The number of halogens is 3. The second-order valence-corrected chi connectivity index (χ2v) is 8.71. The zero-order valence-electron chi connectivity index (χ0n) is 16.0. The minimum absolute atomic E-state index is 0.216. The first-order chi connectivity index (χ1) is 14.2. The topological polar surface area (TPSA) is 39.9 Å². The Hall–Kier alpha value is -2.14. The molecule has 0 bridgehead atoms. The summed E-state index contributed by atoms with van der Waals surface area (Å²) in [5, 5.41) is 3.46. The van der Waals surface area contributed by atoms with Crippen molar-refractivity contribution < 1.29 is 22.4 Å². The van der Waals surface area contributed by atoms with Gasteiger partial charge >= 0.3 is 6.18 Å². The number of furan rings is 1. The zero-order valence-corrected chi connectivity index (χ0v) is 17.6. The van der Waals surface area contributed by atoms with Crippen LogP contribution in [0.25, 0.3) is 17.4 Å². The van der Waals surface area contributed by atoms with Gasteiger partial charge in [-0.2, -0.15) is 13.2 Å². The molecule has 2 aliphatic rings. The van der Waals surface area contributed by atoms with Crippen LogP contribution in [0.1, 0.15) is 11.3 Å². The molecule has 1 amide bonds. The van der Waals surface area contributed by atoms with Crippen molar-refractivity contribution in [3.63, 3.8) is 0 Å². The van der Waals surface area contributed by atoms with Gasteiger partial charge in [-0.3, -0.25) is 4.79 Å². The molecule has 4 rings (SSSR count). The predicted octanol–water partition coefficient (Wildman–Crippen LogP) is 4.33. The van der Waals surface area contributed by atoms with Crippen LogP contribution in [0, 0.1) is 0 Å². The molecule has 2 fully saturated rings. The summed E-state index contributed by atoms with van der Waals surface area (Å²) in [7, 11) is 2.03. The van der Waals surface area contributed by atoms with Crippen molar-refractivity contribution in [1.82, 2.24) is 14.9 Å². The number of carbonyl (C=O) groups is 1. The fourth-order valence-corrected chi connectivity index (χ4v) is 4.55. The van der Waals surface area contributed by atoms with Crippen LogP contribution in [0.15, 0.2) is 45.7 Å². The Morgan fingerprint density at radius 2 is 1.87 bits per heavy atom. The number of rotatable bonds is 3. The maximum absolute atomic E-state index is 12.9. The summed E-state index contributed by atoms with van der Waals surface area (Å²) in [5.41, 5.74) is -0.430. The largest absolute Gasteiger partial charge is 0.457 e. The Morgan fingerprint density at radius 1 is 1.13 bits per heavy atom. The number of hydrazine groups is 1. The molecular formula is C20H18F3N3O2S2. The van der Waals surface area contributed by atoms with Crippen LogP contribution in [-0.4, -0.2) is 58.4 Å². The fraction of sp³-hybridized carbons (Fsp3) is 0.300. The number of amides is 1. The Kier molecular flexibility index (Phi) is 5.75. The van der Waals surface area contributed by atoms with Crippen LogP contribution >= 0.6 is 24.0 Å². The maximum atomic E-state index is 12.9. The third-order valence-electron chi connectivity index (χ3n) is 4.91. The highest BCUT2D eigenvalue weighted by Crippen LogP contribution is 2.36. The van der Waals surface area contributed by atoms with Gasteiger partial charge in [-0.05, 0) is 31.3 Å². The molecule has 2 aromatic rings. The molecule has 2 aliphatic heterocycles. The summed E-state index contributed by atoms with van der Waals surface area (Å²) in [4.78, 5) is 15.5. The molecule has 0 unspecified atom stereocenters. The molecule has 158 valence electrons. The third kappa shape index (κ3) is 4.31. The minimum Gasteiger partial charge on any atom is -0.457 e. The number of benzene rings is 1. The summed E-state index contributed by atoms with van der Waals surface area (Å²) in [6.45, 7) is 3.09. The van der Waals surface area contributed by atoms with Gasteiger partial charge in [-0.1, -0.05) is 36.1 Å². The smallest absolute Gasteiger partial charge is 0.416 e. The van der Waals surface area contributed by atoms with Gasteiger partial charge in [0.15, 0.2) is 4.32 Å². The van der Waals surface area contributed by atoms with E-state index in [1.807, 2.05) is 12.1 Å². The molecule has 0 spiro atoms. The first kappa shape index (κ1) is 21.1. The lowest BCUT2D eigenvalue weighted by atomic mass is 10.1. The maximum Gasteiger partial charge on any atom is 0.416 e. The van der Waals surface area contributed by atoms with E-state index in [0.29, 0.717) is 39.4 Å². The van der Waals surface area contributed by atoms with Crippen molar-refractivity contribution in [1.29, 1.82) is 0 Å². The molecule has 10 heteroatoms. The first-order valence-corrected chi connectivity index (χ1v) is 10.4. The van der Waals surface area contributed by atoms with E-state index in [4.69, 9.17) is 16.6 Å². The lowest BCUT2D eigenvalue weighted by Gasteiger charge is -2.37. The Balaban J connectivity index is 1.53. The average Bonchev–Trinajstić information content (AvgIpc) is 3.27. The molecule has 5 nitrogen and oxygen atoms in total. The van der Waals surface area contributed by atoms with Crippen molar-refractivity contribution >= 4 is 40.3 Å². The molecule has 0 saturated carbocycles. The number of likely N-dealkylation sites (N-methyl/N-ethyl adjacent to an activating group) is 1. The highest BCUT2D eigenvalue weighted by Gasteiger charge is 2.37. The molecule has 30 heavy (non-hydrogen) atoms. The van der Waals surface area contributed by atoms with Gasteiger partial charge < -0.3 is 9.32 Å². The molecule has 3 heterocycles. The predicted molar refractivity (Wildman–Crippen MR) is 113 cm³/mol. The summed E-state index contributed by atoms with van der Waals surface area (Å²) in [6.07, 6.45) is -2.85. The van der Waals surface area contributed by atoms with Gasteiger partial charge in [0.2, 0.25) is 0 Å². The van der Waals surface area contributed by atoms with Gasteiger partial charge in [0, 0.05) is 37.8 Å². The molecule has 1 aromatic heterocycles. The zero-order chi connectivity index (χ0) is 21.5. The van der Waals surface area contributed by atoms with Crippen molar-refractivity contribution in [3.05, 3.63) is 52.6 Å². The van der Waals surface area contributed by atoms with Crippen LogP contribution < -0.4 is 0 Å². The Labute approximate surface area is 181 Å². The number of alkyl halides is 3. The molecule has 0 atom stereocenters. The van der Waals surface area contributed by atoms with Gasteiger partial charge in [0.25, 0.3) is 5.91 Å². The standard InChI is InChI=1S/C20H18F3N3O2S2/c1-24-7-9-25(10-8-24)26-18(27)17(30-19(26)29)12-15-5-6-16(28-15)13-3-2-4-14(11-13)20(21,22)23/h2-6,11-12H,7-10H2,1H3. The SMILES string of the molecule is CN1CCN(N2C(=O)C(=Cc3ccc(-c4cccc(C(F)(F)F)c4)o3)SC2=S)CC1. The van der Waals surface area contributed by atoms with E-state index in [0.717, 1.165) is 25.2 Å². The number of hydrogen-bond acceptors (Lipinski definition) is 6.